The number of carbonyl (C=O) groups excluding carboxylic acids is 2. The predicted molar refractivity (Wildman–Crippen MR) is 112 cm³/mol. The van der Waals surface area contributed by atoms with Crippen LogP contribution in [0.4, 0.5) is 5.69 Å². The van der Waals surface area contributed by atoms with Crippen molar-refractivity contribution in [2.24, 2.45) is 5.73 Å². The van der Waals surface area contributed by atoms with Crippen molar-refractivity contribution in [2.75, 3.05) is 11.8 Å². The van der Waals surface area contributed by atoms with E-state index in [1.807, 2.05) is 0 Å². The van der Waals surface area contributed by atoms with Gasteiger partial charge in [-0.15, -0.1) is 0 Å². The number of carbonyl (C=O) groups is 2. The first-order valence-corrected chi connectivity index (χ1v) is 10.4. The lowest BCUT2D eigenvalue weighted by atomic mass is 10.1. The SMILES string of the molecule is COc1ccccc1NS(=O)(=O)c1ccc2[nH]c(=O)cc(C(=O)O[C@@H](C)C(N)=O)c2c1. The summed E-state index contributed by atoms with van der Waals surface area (Å²) in [6, 6.07) is 11.3. The van der Waals surface area contributed by atoms with E-state index < -0.39 is 33.6 Å². The number of sulfonamides is 1. The molecule has 0 saturated heterocycles. The van der Waals surface area contributed by atoms with Crippen molar-refractivity contribution >= 4 is 38.5 Å². The highest BCUT2D eigenvalue weighted by Crippen LogP contribution is 2.27. The number of anilines is 1. The minimum atomic E-state index is -4.07. The molecule has 0 unspecified atom stereocenters. The predicted octanol–water partition coefficient (Wildman–Crippen LogP) is 1.37. The Balaban J connectivity index is 2.07. The van der Waals surface area contributed by atoms with Gasteiger partial charge in [0.15, 0.2) is 6.10 Å². The van der Waals surface area contributed by atoms with Gasteiger partial charge in [0, 0.05) is 17.0 Å². The fourth-order valence-electron chi connectivity index (χ4n) is 2.78. The molecule has 3 aromatic rings. The van der Waals surface area contributed by atoms with Crippen molar-refractivity contribution in [3.63, 3.8) is 0 Å². The lowest BCUT2D eigenvalue weighted by Gasteiger charge is -2.13. The van der Waals surface area contributed by atoms with Crippen LogP contribution >= 0.6 is 0 Å². The number of aromatic nitrogens is 1. The Morgan fingerprint density at radius 1 is 1.13 bits per heavy atom. The number of primary amides is 1. The van der Waals surface area contributed by atoms with E-state index in [0.29, 0.717) is 5.75 Å². The quantitative estimate of drug-likeness (QED) is 0.463. The molecule has 0 radical (unpaired) electrons. The zero-order chi connectivity index (χ0) is 22.8. The first-order chi connectivity index (χ1) is 14.6. The van der Waals surface area contributed by atoms with E-state index in [1.54, 1.807) is 18.2 Å². The van der Waals surface area contributed by atoms with Crippen LogP contribution in [0.3, 0.4) is 0 Å². The fraction of sp³-hybridized carbons (Fsp3) is 0.150. The molecular weight excluding hydrogens is 426 g/mol. The van der Waals surface area contributed by atoms with E-state index in [9.17, 15) is 22.8 Å². The van der Waals surface area contributed by atoms with Gasteiger partial charge in [-0.25, -0.2) is 13.2 Å². The van der Waals surface area contributed by atoms with Crippen LogP contribution in [-0.2, 0) is 19.6 Å². The molecule has 31 heavy (non-hydrogen) atoms. The summed E-state index contributed by atoms with van der Waals surface area (Å²) in [5.74, 6) is -1.54. The van der Waals surface area contributed by atoms with E-state index in [0.717, 1.165) is 6.07 Å². The molecule has 0 aliphatic rings. The molecule has 0 spiro atoms. The minimum Gasteiger partial charge on any atom is -0.495 e. The van der Waals surface area contributed by atoms with E-state index in [1.165, 1.54) is 38.3 Å². The van der Waals surface area contributed by atoms with Crippen molar-refractivity contribution in [1.29, 1.82) is 0 Å². The third kappa shape index (κ3) is 4.67. The molecule has 0 saturated carbocycles. The summed E-state index contributed by atoms with van der Waals surface area (Å²) in [6.07, 6.45) is -1.24. The number of nitrogens with one attached hydrogen (secondary N) is 2. The van der Waals surface area contributed by atoms with Gasteiger partial charge in [0.2, 0.25) is 5.56 Å². The standard InChI is InChI=1S/C20H19N3O7S/c1-11(19(21)25)30-20(26)14-10-18(24)22-15-8-7-12(9-13(14)15)31(27,28)23-16-5-3-4-6-17(16)29-2/h3-11,23H,1-2H3,(H2,21,25)(H,22,24)/t11-/m0/s1. The van der Waals surface area contributed by atoms with Crippen LogP contribution in [-0.4, -0.2) is 38.5 Å². The monoisotopic (exact) mass is 445 g/mol. The van der Waals surface area contributed by atoms with Gasteiger partial charge in [-0.05, 0) is 37.3 Å². The molecule has 4 N–H and O–H groups in total. The first-order valence-electron chi connectivity index (χ1n) is 8.95. The summed E-state index contributed by atoms with van der Waals surface area (Å²) in [5.41, 5.74) is 4.73. The number of hydrogen-bond donors (Lipinski definition) is 3. The third-order valence-electron chi connectivity index (χ3n) is 4.38. The van der Waals surface area contributed by atoms with Crippen LogP contribution in [0.25, 0.3) is 10.9 Å². The summed E-state index contributed by atoms with van der Waals surface area (Å²) in [6.45, 7) is 1.28. The lowest BCUT2D eigenvalue weighted by Crippen LogP contribution is -2.30. The van der Waals surface area contributed by atoms with Gasteiger partial charge in [0.05, 0.1) is 23.3 Å². The molecule has 1 aromatic heterocycles. The van der Waals surface area contributed by atoms with Gasteiger partial charge in [-0.1, -0.05) is 12.1 Å². The van der Waals surface area contributed by atoms with Gasteiger partial charge in [0.1, 0.15) is 5.75 Å². The number of benzene rings is 2. The normalized spacial score (nSPS) is 12.2. The van der Waals surface area contributed by atoms with Crippen LogP contribution in [0.1, 0.15) is 17.3 Å². The van der Waals surface area contributed by atoms with E-state index >= 15 is 0 Å². The van der Waals surface area contributed by atoms with Crippen LogP contribution in [0.2, 0.25) is 0 Å². The minimum absolute atomic E-state index is 0.115. The zero-order valence-electron chi connectivity index (χ0n) is 16.5. The second-order valence-corrected chi connectivity index (χ2v) is 8.19. The summed E-state index contributed by atoms with van der Waals surface area (Å²) < 4.78 is 38.4. The fourth-order valence-corrected chi connectivity index (χ4v) is 3.88. The summed E-state index contributed by atoms with van der Waals surface area (Å²) in [4.78, 5) is 38.0. The number of pyridine rings is 1. The Bertz CT molecular complexity index is 1330. The topological polar surface area (TPSA) is 158 Å². The molecule has 0 aliphatic heterocycles. The molecule has 1 heterocycles. The van der Waals surface area contributed by atoms with Crippen molar-refractivity contribution in [2.45, 2.75) is 17.9 Å². The smallest absolute Gasteiger partial charge is 0.339 e. The summed E-state index contributed by atoms with van der Waals surface area (Å²) in [5, 5.41) is 0.115. The number of amides is 1. The van der Waals surface area contributed by atoms with Gasteiger partial charge in [0.25, 0.3) is 15.9 Å². The van der Waals surface area contributed by atoms with E-state index in [2.05, 4.69) is 9.71 Å². The van der Waals surface area contributed by atoms with Crippen molar-refractivity contribution < 1.29 is 27.5 Å². The van der Waals surface area contributed by atoms with Crippen molar-refractivity contribution in [3.8, 4) is 5.75 Å². The van der Waals surface area contributed by atoms with Crippen LogP contribution in [0.15, 0.2) is 58.2 Å². The number of aromatic amines is 1. The lowest BCUT2D eigenvalue weighted by molar-refractivity contribution is -0.125. The van der Waals surface area contributed by atoms with Gasteiger partial charge in [-0.2, -0.15) is 0 Å². The maximum Gasteiger partial charge on any atom is 0.339 e. The third-order valence-corrected chi connectivity index (χ3v) is 5.74. The Labute approximate surface area is 177 Å². The van der Waals surface area contributed by atoms with Gasteiger partial charge >= 0.3 is 5.97 Å². The number of rotatable bonds is 7. The van der Waals surface area contributed by atoms with Crippen molar-refractivity contribution in [3.05, 3.63) is 64.4 Å². The second kappa shape index (κ2) is 8.48. The van der Waals surface area contributed by atoms with Crippen LogP contribution in [0.5, 0.6) is 5.75 Å². The molecule has 10 nitrogen and oxygen atoms in total. The molecule has 0 bridgehead atoms. The van der Waals surface area contributed by atoms with Crippen LogP contribution in [0, 0.1) is 0 Å². The number of H-pyrrole nitrogens is 1. The number of para-hydroxylation sites is 2. The average Bonchev–Trinajstić information content (AvgIpc) is 2.72. The van der Waals surface area contributed by atoms with Gasteiger partial charge in [-0.3, -0.25) is 14.3 Å². The summed E-state index contributed by atoms with van der Waals surface area (Å²) >= 11 is 0. The van der Waals surface area contributed by atoms with E-state index in [4.69, 9.17) is 15.2 Å². The number of methoxy groups -OCH3 is 1. The molecule has 162 valence electrons. The number of ether oxygens (including phenoxy) is 2. The number of nitrogens with two attached hydrogens (primary N) is 1. The highest BCUT2D eigenvalue weighted by Gasteiger charge is 2.22. The largest absolute Gasteiger partial charge is 0.495 e. The zero-order valence-corrected chi connectivity index (χ0v) is 17.4. The maximum absolute atomic E-state index is 12.9. The molecule has 11 heteroatoms. The summed E-state index contributed by atoms with van der Waals surface area (Å²) in [7, 11) is -2.67. The molecule has 0 aliphatic carbocycles. The first kappa shape index (κ1) is 21.8. The Morgan fingerprint density at radius 3 is 2.52 bits per heavy atom. The Hall–Kier alpha value is -3.86. The average molecular weight is 445 g/mol. The molecule has 3 rings (SSSR count). The van der Waals surface area contributed by atoms with Crippen molar-refractivity contribution in [1.82, 2.24) is 4.98 Å². The molecular formula is C20H19N3O7S. The molecule has 0 fully saturated rings. The number of esters is 1. The highest BCUT2D eigenvalue weighted by molar-refractivity contribution is 7.92. The van der Waals surface area contributed by atoms with Crippen LogP contribution < -0.4 is 20.8 Å². The van der Waals surface area contributed by atoms with E-state index in [-0.39, 0.29) is 27.0 Å². The molecule has 1 amide bonds. The number of hydrogen-bond acceptors (Lipinski definition) is 7. The second-order valence-electron chi connectivity index (χ2n) is 6.51. The number of fused-ring (bicyclic) bond motifs is 1. The molecule has 1 atom stereocenters. The Morgan fingerprint density at radius 2 is 1.84 bits per heavy atom. The Kier molecular flexibility index (Phi) is 5.97. The molecule has 2 aromatic carbocycles. The maximum atomic E-state index is 12.9. The highest BCUT2D eigenvalue weighted by atomic mass is 32.2. The van der Waals surface area contributed by atoms with Gasteiger partial charge < -0.3 is 20.2 Å².